The van der Waals surface area contributed by atoms with Gasteiger partial charge in [-0.3, -0.25) is 9.59 Å². The van der Waals surface area contributed by atoms with Gasteiger partial charge in [0.05, 0.1) is 35.1 Å². The Balaban J connectivity index is 2.31. The van der Waals surface area contributed by atoms with Crippen LogP contribution in [0.2, 0.25) is 5.02 Å². The fourth-order valence-electron chi connectivity index (χ4n) is 3.54. The van der Waals surface area contributed by atoms with Crippen molar-refractivity contribution < 1.29 is 27.5 Å². The molecule has 2 aromatic rings. The minimum absolute atomic E-state index is 0.190. The van der Waals surface area contributed by atoms with Gasteiger partial charge in [0.25, 0.3) is 0 Å². The average Bonchev–Trinajstić information content (AvgIpc) is 2.76. The van der Waals surface area contributed by atoms with Gasteiger partial charge in [-0.2, -0.15) is 13.2 Å². The normalized spacial score (nSPS) is 14.3. The zero-order valence-electron chi connectivity index (χ0n) is 19.1. The van der Waals surface area contributed by atoms with Crippen LogP contribution in [0.4, 0.5) is 18.9 Å². The third kappa shape index (κ3) is 7.22. The lowest BCUT2D eigenvalue weighted by molar-refractivity contribution is -0.178. The van der Waals surface area contributed by atoms with E-state index in [-0.39, 0.29) is 28.8 Å². The average molecular weight is 484 g/mol. The van der Waals surface area contributed by atoms with Crippen molar-refractivity contribution >= 4 is 29.2 Å². The molecular formula is C25H29ClF3NO3. The number of alkyl halides is 3. The van der Waals surface area contributed by atoms with Crippen LogP contribution in [-0.4, -0.2) is 24.7 Å². The Morgan fingerprint density at radius 3 is 2.18 bits per heavy atom. The zero-order valence-corrected chi connectivity index (χ0v) is 19.9. The van der Waals surface area contributed by atoms with Crippen molar-refractivity contribution in [2.24, 2.45) is 11.8 Å². The molecule has 33 heavy (non-hydrogen) atoms. The van der Waals surface area contributed by atoms with Gasteiger partial charge < -0.3 is 10.1 Å². The van der Waals surface area contributed by atoms with Crippen LogP contribution in [0.15, 0.2) is 42.5 Å². The Kier molecular flexibility index (Phi) is 9.35. The smallest absolute Gasteiger partial charge is 0.392 e. The molecule has 4 nitrogen and oxygen atoms in total. The molecule has 0 aromatic heterocycles. The number of benzene rings is 2. The highest BCUT2D eigenvalue weighted by Crippen LogP contribution is 2.38. The third-order valence-electron chi connectivity index (χ3n) is 5.57. The summed E-state index contributed by atoms with van der Waals surface area (Å²) in [4.78, 5) is 25.0. The third-order valence-corrected chi connectivity index (χ3v) is 5.89. The summed E-state index contributed by atoms with van der Waals surface area (Å²) in [6, 6.07) is 11.4. The molecule has 0 aliphatic rings. The van der Waals surface area contributed by atoms with E-state index < -0.39 is 29.8 Å². The molecule has 0 saturated carbocycles. The number of esters is 1. The molecule has 2 aromatic carbocycles. The molecule has 0 aliphatic heterocycles. The van der Waals surface area contributed by atoms with Crippen molar-refractivity contribution in [3.63, 3.8) is 0 Å². The number of ether oxygens (including phenoxy) is 1. The molecule has 0 bridgehead atoms. The molecule has 3 atom stereocenters. The van der Waals surface area contributed by atoms with E-state index >= 15 is 0 Å². The van der Waals surface area contributed by atoms with E-state index in [0.29, 0.717) is 12.0 Å². The van der Waals surface area contributed by atoms with Crippen molar-refractivity contribution in [3.05, 3.63) is 64.2 Å². The highest BCUT2D eigenvalue weighted by atomic mass is 35.5. The topological polar surface area (TPSA) is 55.4 Å². The monoisotopic (exact) mass is 483 g/mol. The van der Waals surface area contributed by atoms with Gasteiger partial charge in [0.2, 0.25) is 5.91 Å². The maximum atomic E-state index is 13.6. The van der Waals surface area contributed by atoms with Crippen LogP contribution in [-0.2, 0) is 27.2 Å². The zero-order chi connectivity index (χ0) is 24.8. The first-order chi connectivity index (χ1) is 15.5. The minimum Gasteiger partial charge on any atom is -0.466 e. The molecule has 0 heterocycles. The Labute approximate surface area is 197 Å². The summed E-state index contributed by atoms with van der Waals surface area (Å²) < 4.78 is 45.8. The first-order valence-electron chi connectivity index (χ1n) is 10.9. The van der Waals surface area contributed by atoms with Gasteiger partial charge in [-0.1, -0.05) is 62.7 Å². The van der Waals surface area contributed by atoms with E-state index in [0.717, 1.165) is 18.9 Å². The van der Waals surface area contributed by atoms with Crippen LogP contribution >= 0.6 is 11.6 Å². The molecule has 0 saturated heterocycles. The summed E-state index contributed by atoms with van der Waals surface area (Å²) in [6.07, 6.45) is -3.50. The van der Waals surface area contributed by atoms with Crippen molar-refractivity contribution in [1.82, 2.24) is 0 Å². The summed E-state index contributed by atoms with van der Waals surface area (Å²) in [5.41, 5.74) is 2.13. The maximum Gasteiger partial charge on any atom is 0.392 e. The number of carbonyl (C=O) groups is 2. The van der Waals surface area contributed by atoms with E-state index in [1.54, 1.807) is 56.3 Å². The van der Waals surface area contributed by atoms with Crippen LogP contribution < -0.4 is 5.32 Å². The molecular weight excluding hydrogens is 455 g/mol. The second-order valence-electron chi connectivity index (χ2n) is 8.06. The molecule has 1 N–H and O–H groups in total. The molecule has 1 amide bonds. The Morgan fingerprint density at radius 1 is 1.03 bits per heavy atom. The first-order valence-corrected chi connectivity index (χ1v) is 11.3. The van der Waals surface area contributed by atoms with Crippen molar-refractivity contribution in [3.8, 4) is 0 Å². The van der Waals surface area contributed by atoms with Gasteiger partial charge in [0.1, 0.15) is 0 Å². The number of rotatable bonds is 9. The summed E-state index contributed by atoms with van der Waals surface area (Å²) >= 11 is 6.22. The molecule has 0 radical (unpaired) electrons. The maximum absolute atomic E-state index is 13.6. The van der Waals surface area contributed by atoms with Crippen LogP contribution in [0.25, 0.3) is 0 Å². The lowest BCUT2D eigenvalue weighted by atomic mass is 9.85. The number of halogens is 4. The fraction of sp³-hybridized carbons (Fsp3) is 0.440. The lowest BCUT2D eigenvalue weighted by Gasteiger charge is -2.26. The lowest BCUT2D eigenvalue weighted by Crippen LogP contribution is -2.34. The summed E-state index contributed by atoms with van der Waals surface area (Å²) in [5, 5.41) is 2.76. The molecule has 0 spiro atoms. The number of hydrogen-bond donors (Lipinski definition) is 1. The van der Waals surface area contributed by atoms with Crippen LogP contribution in [0, 0.1) is 11.8 Å². The van der Waals surface area contributed by atoms with Gasteiger partial charge in [-0.15, -0.1) is 0 Å². The number of hydrogen-bond acceptors (Lipinski definition) is 3. The second kappa shape index (κ2) is 11.5. The molecule has 0 fully saturated rings. The van der Waals surface area contributed by atoms with Crippen LogP contribution in [0.3, 0.4) is 0 Å². The number of aryl methyl sites for hydroxylation is 1. The number of amides is 1. The first kappa shape index (κ1) is 26.7. The van der Waals surface area contributed by atoms with Crippen molar-refractivity contribution in [2.75, 3.05) is 11.9 Å². The predicted molar refractivity (Wildman–Crippen MR) is 123 cm³/mol. The van der Waals surface area contributed by atoms with Gasteiger partial charge in [0, 0.05) is 0 Å². The standard InChI is InChI=1S/C25H29ClF3NO3/c1-5-17-7-10-19(11-8-17)22(16(4)25(27,28)29)23(31)30-21-14-18(9-12-20(21)26)13-15(3)24(32)33-6-2/h7-12,14-16,22H,5-6,13H2,1-4H3,(H,30,31). The fourth-order valence-corrected chi connectivity index (χ4v) is 3.71. The van der Waals surface area contributed by atoms with Gasteiger partial charge in [-0.05, 0) is 48.6 Å². The highest BCUT2D eigenvalue weighted by Gasteiger charge is 2.45. The Morgan fingerprint density at radius 2 is 1.64 bits per heavy atom. The molecule has 0 aliphatic carbocycles. The van der Waals surface area contributed by atoms with Gasteiger partial charge in [-0.25, -0.2) is 0 Å². The Bertz CT molecular complexity index is 960. The molecule has 3 unspecified atom stereocenters. The Hall–Kier alpha value is -2.54. The van der Waals surface area contributed by atoms with Crippen LogP contribution in [0.1, 0.15) is 50.3 Å². The minimum atomic E-state index is -4.56. The van der Waals surface area contributed by atoms with Gasteiger partial charge >= 0.3 is 12.1 Å². The van der Waals surface area contributed by atoms with E-state index in [4.69, 9.17) is 16.3 Å². The molecule has 8 heteroatoms. The highest BCUT2D eigenvalue weighted by molar-refractivity contribution is 6.33. The van der Waals surface area contributed by atoms with E-state index in [1.165, 1.54) is 0 Å². The second-order valence-corrected chi connectivity index (χ2v) is 8.47. The van der Waals surface area contributed by atoms with Crippen LogP contribution in [0.5, 0.6) is 0 Å². The van der Waals surface area contributed by atoms with Gasteiger partial charge in [0.15, 0.2) is 0 Å². The van der Waals surface area contributed by atoms with Crippen molar-refractivity contribution in [2.45, 2.75) is 52.6 Å². The SMILES string of the molecule is CCOC(=O)C(C)Cc1ccc(Cl)c(NC(=O)C(c2ccc(CC)cc2)C(C)C(F)(F)F)c1. The summed E-state index contributed by atoms with van der Waals surface area (Å²) in [5.74, 6) is -4.94. The quantitative estimate of drug-likeness (QED) is 0.411. The molecule has 2 rings (SSSR count). The van der Waals surface area contributed by atoms with E-state index in [2.05, 4.69) is 5.32 Å². The number of nitrogens with one attached hydrogen (secondary N) is 1. The predicted octanol–water partition coefficient (Wildman–Crippen LogP) is 6.56. The van der Waals surface area contributed by atoms with E-state index in [9.17, 15) is 22.8 Å². The molecule has 180 valence electrons. The van der Waals surface area contributed by atoms with E-state index in [1.807, 2.05) is 6.92 Å². The largest absolute Gasteiger partial charge is 0.466 e. The number of carbonyl (C=O) groups excluding carboxylic acids is 2. The summed E-state index contributed by atoms with van der Waals surface area (Å²) in [6.45, 7) is 6.63. The van der Waals surface area contributed by atoms with Crippen molar-refractivity contribution in [1.29, 1.82) is 0 Å². The number of anilines is 1. The summed E-state index contributed by atoms with van der Waals surface area (Å²) in [7, 11) is 0.